The highest BCUT2D eigenvalue weighted by molar-refractivity contribution is 5.80. The summed E-state index contributed by atoms with van der Waals surface area (Å²) in [5.41, 5.74) is 3.28. The van der Waals surface area contributed by atoms with Gasteiger partial charge in [-0.05, 0) is 25.0 Å². The summed E-state index contributed by atoms with van der Waals surface area (Å²) in [5, 5.41) is 2.82. The molecule has 2 amide bonds. The summed E-state index contributed by atoms with van der Waals surface area (Å²) < 4.78 is 0. The van der Waals surface area contributed by atoms with Crippen molar-refractivity contribution in [1.29, 1.82) is 0 Å². The first-order valence-electron chi connectivity index (χ1n) is 8.60. The van der Waals surface area contributed by atoms with Gasteiger partial charge in [-0.2, -0.15) is 0 Å². The monoisotopic (exact) mass is 338 g/mol. The van der Waals surface area contributed by atoms with Crippen molar-refractivity contribution in [2.24, 2.45) is 0 Å². The van der Waals surface area contributed by atoms with Gasteiger partial charge in [-0.1, -0.05) is 60.2 Å². The average Bonchev–Trinajstić information content (AvgIpc) is 2.62. The zero-order valence-electron chi connectivity index (χ0n) is 15.2. The van der Waals surface area contributed by atoms with Crippen LogP contribution in [0, 0.1) is 6.92 Å². The van der Waals surface area contributed by atoms with Gasteiger partial charge in [0.15, 0.2) is 0 Å². The Morgan fingerprint density at radius 3 is 2.32 bits per heavy atom. The summed E-state index contributed by atoms with van der Waals surface area (Å²) in [4.78, 5) is 26.0. The second-order valence-electron chi connectivity index (χ2n) is 6.35. The third-order valence-corrected chi connectivity index (χ3v) is 4.40. The molecule has 0 fully saturated rings. The number of amides is 2. The highest BCUT2D eigenvalue weighted by Crippen LogP contribution is 2.19. The van der Waals surface area contributed by atoms with Gasteiger partial charge in [0.2, 0.25) is 11.8 Å². The number of aryl methyl sites for hydroxylation is 1. The van der Waals surface area contributed by atoms with Gasteiger partial charge in [0.05, 0.1) is 12.5 Å². The van der Waals surface area contributed by atoms with E-state index in [0.29, 0.717) is 19.4 Å². The fourth-order valence-corrected chi connectivity index (χ4v) is 2.61. The van der Waals surface area contributed by atoms with Crippen LogP contribution in [0.3, 0.4) is 0 Å². The largest absolute Gasteiger partial charge is 0.355 e. The van der Waals surface area contributed by atoms with Gasteiger partial charge in [-0.25, -0.2) is 0 Å². The summed E-state index contributed by atoms with van der Waals surface area (Å²) in [6.45, 7) is 4.41. The van der Waals surface area contributed by atoms with Gasteiger partial charge in [0, 0.05) is 20.0 Å². The van der Waals surface area contributed by atoms with Gasteiger partial charge >= 0.3 is 0 Å². The van der Waals surface area contributed by atoms with Gasteiger partial charge in [-0.15, -0.1) is 0 Å². The van der Waals surface area contributed by atoms with E-state index in [-0.39, 0.29) is 17.9 Å². The molecule has 132 valence electrons. The maximum atomic E-state index is 12.3. The Morgan fingerprint density at radius 2 is 1.68 bits per heavy atom. The maximum absolute atomic E-state index is 12.3. The Labute approximate surface area is 149 Å². The number of hydrogen-bond acceptors (Lipinski definition) is 2. The van der Waals surface area contributed by atoms with E-state index in [0.717, 1.165) is 11.1 Å². The molecular formula is C21H26N2O2. The van der Waals surface area contributed by atoms with Crippen molar-refractivity contribution in [1.82, 2.24) is 10.2 Å². The van der Waals surface area contributed by atoms with E-state index in [4.69, 9.17) is 0 Å². The predicted octanol–water partition coefficient (Wildman–Crippen LogP) is 3.26. The number of nitrogens with zero attached hydrogens (tertiary/aromatic N) is 1. The molecule has 0 aliphatic rings. The second-order valence-corrected chi connectivity index (χ2v) is 6.35. The molecule has 25 heavy (non-hydrogen) atoms. The third kappa shape index (κ3) is 5.75. The molecule has 0 radical (unpaired) electrons. The van der Waals surface area contributed by atoms with Crippen LogP contribution in [0.1, 0.15) is 36.1 Å². The SMILES string of the molecule is Cc1ccc(C(C)N(C)C(=O)CCNC(=O)Cc2ccccc2)cc1. The molecule has 2 rings (SSSR count). The zero-order chi connectivity index (χ0) is 18.2. The van der Waals surface area contributed by atoms with E-state index in [1.807, 2.05) is 68.4 Å². The van der Waals surface area contributed by atoms with Gasteiger partial charge in [-0.3, -0.25) is 9.59 Å². The lowest BCUT2D eigenvalue weighted by Crippen LogP contribution is -2.34. The van der Waals surface area contributed by atoms with Gasteiger partial charge < -0.3 is 10.2 Å². The summed E-state index contributed by atoms with van der Waals surface area (Å²) in [5.74, 6) is -0.0404. The van der Waals surface area contributed by atoms with Crippen LogP contribution in [-0.4, -0.2) is 30.3 Å². The predicted molar refractivity (Wildman–Crippen MR) is 100 cm³/mol. The summed E-state index contributed by atoms with van der Waals surface area (Å²) >= 11 is 0. The van der Waals surface area contributed by atoms with Crippen molar-refractivity contribution in [3.8, 4) is 0 Å². The molecule has 2 aromatic carbocycles. The van der Waals surface area contributed by atoms with Crippen molar-refractivity contribution in [3.63, 3.8) is 0 Å². The smallest absolute Gasteiger partial charge is 0.224 e. The topological polar surface area (TPSA) is 49.4 Å². The first-order chi connectivity index (χ1) is 12.0. The van der Waals surface area contributed by atoms with Crippen LogP contribution in [0.2, 0.25) is 0 Å². The summed E-state index contributed by atoms with van der Waals surface area (Å²) in [6, 6.07) is 17.8. The third-order valence-electron chi connectivity index (χ3n) is 4.40. The van der Waals surface area contributed by atoms with Crippen LogP contribution in [0.5, 0.6) is 0 Å². The second kappa shape index (κ2) is 9.02. The minimum atomic E-state index is -0.0618. The highest BCUT2D eigenvalue weighted by atomic mass is 16.2. The van der Waals surface area contributed by atoms with Gasteiger partial charge in [0.25, 0.3) is 0 Å². The van der Waals surface area contributed by atoms with Crippen LogP contribution in [0.15, 0.2) is 54.6 Å². The number of carbonyl (C=O) groups is 2. The number of carbonyl (C=O) groups excluding carboxylic acids is 2. The fourth-order valence-electron chi connectivity index (χ4n) is 2.61. The molecule has 1 atom stereocenters. The molecule has 0 aliphatic carbocycles. The molecule has 0 aromatic heterocycles. The fraction of sp³-hybridized carbons (Fsp3) is 0.333. The van der Waals surface area contributed by atoms with Crippen LogP contribution in [0.25, 0.3) is 0 Å². The first-order valence-corrected chi connectivity index (χ1v) is 8.60. The molecule has 0 saturated heterocycles. The molecule has 1 N–H and O–H groups in total. The molecule has 1 unspecified atom stereocenters. The van der Waals surface area contributed by atoms with Crippen LogP contribution in [0.4, 0.5) is 0 Å². The number of benzene rings is 2. The van der Waals surface area contributed by atoms with Crippen molar-refractivity contribution in [2.45, 2.75) is 32.7 Å². The van der Waals surface area contributed by atoms with E-state index in [9.17, 15) is 9.59 Å². The first kappa shape index (κ1) is 18.7. The lowest BCUT2D eigenvalue weighted by Gasteiger charge is -2.25. The van der Waals surface area contributed by atoms with E-state index < -0.39 is 0 Å². The number of rotatable bonds is 7. The Kier molecular flexibility index (Phi) is 6.75. The Balaban J connectivity index is 1.77. The van der Waals surface area contributed by atoms with Gasteiger partial charge in [0.1, 0.15) is 0 Å². The number of hydrogen-bond donors (Lipinski definition) is 1. The number of nitrogens with one attached hydrogen (secondary N) is 1. The molecule has 0 aliphatic heterocycles. The van der Waals surface area contributed by atoms with Crippen molar-refractivity contribution < 1.29 is 9.59 Å². The lowest BCUT2D eigenvalue weighted by atomic mass is 10.1. The molecule has 4 heteroatoms. The molecule has 0 heterocycles. The maximum Gasteiger partial charge on any atom is 0.224 e. The summed E-state index contributed by atoms with van der Waals surface area (Å²) in [6.07, 6.45) is 0.637. The van der Waals surface area contributed by atoms with Crippen LogP contribution in [-0.2, 0) is 16.0 Å². The Hall–Kier alpha value is -2.62. The quantitative estimate of drug-likeness (QED) is 0.842. The van der Waals surface area contributed by atoms with E-state index >= 15 is 0 Å². The molecule has 0 bridgehead atoms. The van der Waals surface area contributed by atoms with E-state index in [1.54, 1.807) is 11.9 Å². The van der Waals surface area contributed by atoms with Crippen molar-refractivity contribution in [3.05, 3.63) is 71.3 Å². The molecular weight excluding hydrogens is 312 g/mol. The van der Waals surface area contributed by atoms with Crippen LogP contribution >= 0.6 is 0 Å². The average molecular weight is 338 g/mol. The minimum Gasteiger partial charge on any atom is -0.355 e. The van der Waals surface area contributed by atoms with E-state index in [1.165, 1.54) is 5.56 Å². The molecule has 2 aromatic rings. The lowest BCUT2D eigenvalue weighted by molar-refractivity contribution is -0.131. The summed E-state index contributed by atoms with van der Waals surface area (Å²) in [7, 11) is 1.80. The van der Waals surface area contributed by atoms with Crippen molar-refractivity contribution >= 4 is 11.8 Å². The Morgan fingerprint density at radius 1 is 1.04 bits per heavy atom. The standard InChI is InChI=1S/C21H26N2O2/c1-16-9-11-19(12-10-16)17(2)23(3)21(25)13-14-22-20(24)15-18-7-5-4-6-8-18/h4-12,17H,13-15H2,1-3H3,(H,22,24). The molecule has 4 nitrogen and oxygen atoms in total. The minimum absolute atomic E-state index is 0.00752. The highest BCUT2D eigenvalue weighted by Gasteiger charge is 2.17. The van der Waals surface area contributed by atoms with E-state index in [2.05, 4.69) is 5.32 Å². The van der Waals surface area contributed by atoms with Crippen LogP contribution < -0.4 is 5.32 Å². The molecule has 0 spiro atoms. The molecule has 0 saturated carbocycles. The zero-order valence-corrected chi connectivity index (χ0v) is 15.2. The normalized spacial score (nSPS) is 11.6. The van der Waals surface area contributed by atoms with Crippen molar-refractivity contribution in [2.75, 3.05) is 13.6 Å². The Bertz CT molecular complexity index is 696.